The highest BCUT2D eigenvalue weighted by atomic mass is 19.1. The number of amides is 2. The number of nitrogens with zero attached hydrogens (tertiary/aromatic N) is 2. The zero-order valence-electron chi connectivity index (χ0n) is 13.6. The van der Waals surface area contributed by atoms with E-state index in [1.54, 1.807) is 37.4 Å². The largest absolute Gasteiger partial charge is 0.344 e. The van der Waals surface area contributed by atoms with Crippen LogP contribution in [0.15, 0.2) is 48.5 Å². The molecule has 1 aliphatic heterocycles. The Morgan fingerprint density at radius 1 is 1.24 bits per heavy atom. The van der Waals surface area contributed by atoms with Crippen LogP contribution in [0.2, 0.25) is 0 Å². The van der Waals surface area contributed by atoms with Crippen LogP contribution in [0.25, 0.3) is 0 Å². The van der Waals surface area contributed by atoms with Crippen LogP contribution in [0.3, 0.4) is 0 Å². The van der Waals surface area contributed by atoms with E-state index in [2.05, 4.69) is 5.32 Å². The molecule has 1 aliphatic rings. The van der Waals surface area contributed by atoms with Crippen molar-refractivity contribution >= 4 is 17.5 Å². The summed E-state index contributed by atoms with van der Waals surface area (Å²) in [7, 11) is 1.63. The molecule has 2 amide bonds. The van der Waals surface area contributed by atoms with Crippen LogP contribution in [0.5, 0.6) is 0 Å². The van der Waals surface area contributed by atoms with Crippen LogP contribution in [0.4, 0.5) is 10.1 Å². The van der Waals surface area contributed by atoms with Gasteiger partial charge in [-0.15, -0.1) is 0 Å². The van der Waals surface area contributed by atoms with Crippen molar-refractivity contribution in [1.29, 1.82) is 5.26 Å². The van der Waals surface area contributed by atoms with Crippen molar-refractivity contribution in [3.63, 3.8) is 0 Å². The molecule has 1 saturated heterocycles. The number of halogens is 1. The van der Waals surface area contributed by atoms with Crippen molar-refractivity contribution < 1.29 is 14.0 Å². The molecule has 6 heteroatoms. The average molecular weight is 337 g/mol. The van der Waals surface area contributed by atoms with Gasteiger partial charge >= 0.3 is 0 Å². The number of likely N-dealkylation sites (tertiary alicyclic amines) is 1. The lowest BCUT2D eigenvalue weighted by atomic mass is 9.87. The Hall–Kier alpha value is -3.20. The van der Waals surface area contributed by atoms with Crippen LogP contribution in [-0.2, 0) is 9.59 Å². The molecule has 0 spiro atoms. The van der Waals surface area contributed by atoms with Crippen molar-refractivity contribution in [3.05, 3.63) is 65.5 Å². The topological polar surface area (TPSA) is 73.2 Å². The summed E-state index contributed by atoms with van der Waals surface area (Å²) in [6.07, 6.45) is 0. The molecule has 126 valence electrons. The van der Waals surface area contributed by atoms with Crippen molar-refractivity contribution in [1.82, 2.24) is 4.90 Å². The Labute approximate surface area is 144 Å². The first kappa shape index (κ1) is 16.7. The smallest absolute Gasteiger partial charge is 0.237 e. The van der Waals surface area contributed by atoms with Gasteiger partial charge in [0.05, 0.1) is 17.3 Å². The van der Waals surface area contributed by atoms with E-state index < -0.39 is 17.6 Å². The number of carbonyl (C=O) groups excluding carboxylic acids is 2. The van der Waals surface area contributed by atoms with E-state index in [0.717, 1.165) is 5.56 Å². The Morgan fingerprint density at radius 2 is 1.92 bits per heavy atom. The highest BCUT2D eigenvalue weighted by molar-refractivity contribution is 6.08. The number of carbonyl (C=O) groups is 2. The zero-order chi connectivity index (χ0) is 18.0. The monoisotopic (exact) mass is 337 g/mol. The van der Waals surface area contributed by atoms with Crippen LogP contribution < -0.4 is 5.32 Å². The van der Waals surface area contributed by atoms with E-state index in [-0.39, 0.29) is 17.5 Å². The van der Waals surface area contributed by atoms with Gasteiger partial charge in [-0.05, 0) is 29.8 Å². The first-order valence-corrected chi connectivity index (χ1v) is 7.81. The number of hydrogen-bond donors (Lipinski definition) is 1. The first-order valence-electron chi connectivity index (χ1n) is 7.81. The number of nitriles is 1. The van der Waals surface area contributed by atoms with Gasteiger partial charge in [-0.2, -0.15) is 5.26 Å². The second-order valence-corrected chi connectivity index (χ2v) is 6.01. The molecule has 2 atom stereocenters. The minimum Gasteiger partial charge on any atom is -0.344 e. The van der Waals surface area contributed by atoms with Crippen molar-refractivity contribution in [2.45, 2.75) is 5.92 Å². The summed E-state index contributed by atoms with van der Waals surface area (Å²) in [5.41, 5.74) is 1.35. The van der Waals surface area contributed by atoms with Gasteiger partial charge < -0.3 is 10.2 Å². The Bertz CT molecular complexity index is 858. The third kappa shape index (κ3) is 3.22. The molecule has 0 unspecified atom stereocenters. The lowest BCUT2D eigenvalue weighted by molar-refractivity contribution is -0.135. The summed E-state index contributed by atoms with van der Waals surface area (Å²) in [5, 5.41) is 11.4. The maximum Gasteiger partial charge on any atom is 0.237 e. The fourth-order valence-corrected chi connectivity index (χ4v) is 3.07. The summed E-state index contributed by atoms with van der Waals surface area (Å²) in [5.74, 6) is -2.67. The second-order valence-electron chi connectivity index (χ2n) is 6.01. The van der Waals surface area contributed by atoms with Crippen LogP contribution in [0, 0.1) is 23.1 Å². The molecule has 1 heterocycles. The van der Waals surface area contributed by atoms with Gasteiger partial charge in [0, 0.05) is 19.5 Å². The lowest BCUT2D eigenvalue weighted by Crippen LogP contribution is -2.33. The Kier molecular flexibility index (Phi) is 4.48. The number of hydrogen-bond acceptors (Lipinski definition) is 3. The molecule has 25 heavy (non-hydrogen) atoms. The van der Waals surface area contributed by atoms with E-state index in [1.807, 2.05) is 6.07 Å². The number of rotatable bonds is 3. The third-order valence-electron chi connectivity index (χ3n) is 4.40. The van der Waals surface area contributed by atoms with Crippen molar-refractivity contribution in [2.75, 3.05) is 18.9 Å². The molecule has 1 N–H and O–H groups in total. The quantitative estimate of drug-likeness (QED) is 0.875. The average Bonchev–Trinajstić information content (AvgIpc) is 2.92. The predicted octanol–water partition coefficient (Wildman–Crippen LogP) is 2.51. The van der Waals surface area contributed by atoms with E-state index in [1.165, 1.54) is 23.1 Å². The normalized spacial score (nSPS) is 19.6. The van der Waals surface area contributed by atoms with Gasteiger partial charge in [-0.25, -0.2) is 4.39 Å². The van der Waals surface area contributed by atoms with E-state index in [0.29, 0.717) is 12.1 Å². The standard InChI is InChI=1S/C19H16FN3O2/c1-23-11-14(13-8-6-12(10-21)7-9-13)17(19(23)25)18(24)22-16-5-3-2-4-15(16)20/h2-9,14,17H,11H2,1H3,(H,22,24)/t14-,17+/m1/s1. The van der Waals surface area contributed by atoms with E-state index >= 15 is 0 Å². The summed E-state index contributed by atoms with van der Waals surface area (Å²) < 4.78 is 13.8. The van der Waals surface area contributed by atoms with Gasteiger partial charge in [0.25, 0.3) is 0 Å². The molecular weight excluding hydrogens is 321 g/mol. The number of anilines is 1. The molecule has 0 saturated carbocycles. The molecule has 0 aromatic heterocycles. The SMILES string of the molecule is CN1C[C@H](c2ccc(C#N)cc2)[C@@H](C(=O)Nc2ccccc2F)C1=O. The van der Waals surface area contributed by atoms with Gasteiger partial charge in [0.2, 0.25) is 11.8 Å². The Morgan fingerprint density at radius 3 is 2.56 bits per heavy atom. The van der Waals surface area contributed by atoms with Crippen LogP contribution in [0.1, 0.15) is 17.0 Å². The highest BCUT2D eigenvalue weighted by Gasteiger charge is 2.44. The molecule has 0 radical (unpaired) electrons. The first-order chi connectivity index (χ1) is 12.0. The predicted molar refractivity (Wildman–Crippen MR) is 90.1 cm³/mol. The molecular formula is C19H16FN3O2. The van der Waals surface area contributed by atoms with Gasteiger partial charge in [-0.3, -0.25) is 9.59 Å². The molecule has 3 rings (SSSR count). The minimum atomic E-state index is -0.933. The second kappa shape index (κ2) is 6.73. The van der Waals surface area contributed by atoms with Crippen LogP contribution in [-0.4, -0.2) is 30.3 Å². The number of para-hydroxylation sites is 1. The van der Waals surface area contributed by atoms with E-state index in [4.69, 9.17) is 5.26 Å². The van der Waals surface area contributed by atoms with Gasteiger partial charge in [0.1, 0.15) is 11.7 Å². The molecule has 1 fully saturated rings. The van der Waals surface area contributed by atoms with Gasteiger partial charge in [0.15, 0.2) is 0 Å². The van der Waals surface area contributed by atoms with Crippen LogP contribution >= 0.6 is 0 Å². The molecule has 2 aromatic rings. The number of benzene rings is 2. The molecule has 5 nitrogen and oxygen atoms in total. The van der Waals surface area contributed by atoms with E-state index in [9.17, 15) is 14.0 Å². The van der Waals surface area contributed by atoms with Crippen molar-refractivity contribution in [3.8, 4) is 6.07 Å². The van der Waals surface area contributed by atoms with Crippen molar-refractivity contribution in [2.24, 2.45) is 5.92 Å². The number of nitrogens with one attached hydrogen (secondary N) is 1. The molecule has 0 bridgehead atoms. The van der Waals surface area contributed by atoms with Gasteiger partial charge in [-0.1, -0.05) is 24.3 Å². The fourth-order valence-electron chi connectivity index (χ4n) is 3.07. The third-order valence-corrected chi connectivity index (χ3v) is 4.40. The molecule has 0 aliphatic carbocycles. The summed E-state index contributed by atoms with van der Waals surface area (Å²) >= 11 is 0. The minimum absolute atomic E-state index is 0.0495. The molecule has 2 aromatic carbocycles. The number of likely N-dealkylation sites (N-methyl/N-ethyl adjacent to an activating group) is 1. The summed E-state index contributed by atoms with van der Waals surface area (Å²) in [6, 6.07) is 14.7. The maximum absolute atomic E-state index is 13.8. The zero-order valence-corrected chi connectivity index (χ0v) is 13.6. The lowest BCUT2D eigenvalue weighted by Gasteiger charge is -2.17. The fraction of sp³-hybridized carbons (Fsp3) is 0.211. The summed E-state index contributed by atoms with van der Waals surface area (Å²) in [4.78, 5) is 26.6. The maximum atomic E-state index is 13.8. The Balaban J connectivity index is 1.88. The summed E-state index contributed by atoms with van der Waals surface area (Å²) in [6.45, 7) is 0.389. The highest BCUT2D eigenvalue weighted by Crippen LogP contribution is 2.34.